The lowest BCUT2D eigenvalue weighted by molar-refractivity contribution is -0.122. The molecule has 1 saturated carbocycles. The number of benzene rings is 1. The number of rotatable bonds is 8. The Hall–Kier alpha value is -3.79. The van der Waals surface area contributed by atoms with Crippen molar-refractivity contribution >= 4 is 23.5 Å². The molecule has 1 amide bonds. The average molecular weight is 520 g/mol. The fourth-order valence-corrected chi connectivity index (χ4v) is 5.75. The number of amidine groups is 1. The number of thioether (sulfide) groups is 1. The molecule has 2 aromatic rings. The molecule has 1 unspecified atom stereocenters. The summed E-state index contributed by atoms with van der Waals surface area (Å²) in [7, 11) is 0. The summed E-state index contributed by atoms with van der Waals surface area (Å²) in [5.41, 5.74) is 9.66. The van der Waals surface area contributed by atoms with Gasteiger partial charge in [0.2, 0.25) is 12.7 Å². The normalized spacial score (nSPS) is 20.1. The van der Waals surface area contributed by atoms with Gasteiger partial charge in [0.05, 0.1) is 5.70 Å². The Morgan fingerprint density at radius 3 is 2.86 bits per heavy atom. The van der Waals surface area contributed by atoms with Crippen LogP contribution in [0.5, 0.6) is 11.5 Å². The van der Waals surface area contributed by atoms with Crippen molar-refractivity contribution in [3.05, 3.63) is 65.8 Å². The number of aliphatic imine (C=N–C) groups is 1. The van der Waals surface area contributed by atoms with E-state index in [1.54, 1.807) is 17.8 Å². The van der Waals surface area contributed by atoms with Crippen molar-refractivity contribution in [3.8, 4) is 22.8 Å². The van der Waals surface area contributed by atoms with Crippen molar-refractivity contribution in [1.29, 1.82) is 0 Å². The van der Waals surface area contributed by atoms with Crippen LogP contribution in [0.4, 0.5) is 0 Å². The van der Waals surface area contributed by atoms with Crippen LogP contribution in [0.25, 0.3) is 11.3 Å². The van der Waals surface area contributed by atoms with E-state index in [9.17, 15) is 4.79 Å². The molecule has 37 heavy (non-hydrogen) atoms. The number of ether oxygens (including phenoxy) is 2. The number of amides is 1. The van der Waals surface area contributed by atoms with Gasteiger partial charge in [-0.2, -0.15) is 0 Å². The second-order valence-electron chi connectivity index (χ2n) is 9.42. The molecular formula is C27H29N5O4S. The maximum Gasteiger partial charge on any atom is 0.231 e. The molecular weight excluding hydrogens is 490 g/mol. The highest BCUT2D eigenvalue weighted by Gasteiger charge is 2.37. The lowest BCUT2D eigenvalue weighted by Crippen LogP contribution is -2.41. The summed E-state index contributed by atoms with van der Waals surface area (Å²) in [6.07, 6.45) is 6.09. The molecule has 1 aliphatic carbocycles. The fraction of sp³-hybridized carbons (Fsp3) is 0.333. The molecule has 1 saturated heterocycles. The van der Waals surface area contributed by atoms with Gasteiger partial charge in [-0.3, -0.25) is 4.79 Å². The predicted octanol–water partition coefficient (Wildman–Crippen LogP) is 3.83. The molecule has 6 rings (SSSR count). The Balaban J connectivity index is 1.33. The van der Waals surface area contributed by atoms with E-state index in [2.05, 4.69) is 22.1 Å². The SMILES string of the molecule is C=CC1=CN=C2C(=C(N)C1)NC(Sc1cc3c(cc1-c1ccc(C)o1)OCO3)N2CCNC(=O)C1CC1. The molecule has 4 N–H and O–H groups in total. The van der Waals surface area contributed by atoms with Gasteiger partial charge in [0.1, 0.15) is 11.5 Å². The lowest BCUT2D eigenvalue weighted by atomic mass is 10.1. The van der Waals surface area contributed by atoms with Crippen LogP contribution >= 0.6 is 11.8 Å². The number of fused-ring (bicyclic) bond motifs is 2. The van der Waals surface area contributed by atoms with E-state index >= 15 is 0 Å². The summed E-state index contributed by atoms with van der Waals surface area (Å²) in [5.74, 6) is 4.00. The molecule has 9 nitrogen and oxygen atoms in total. The van der Waals surface area contributed by atoms with E-state index < -0.39 is 0 Å². The number of aryl methyl sites for hydroxylation is 1. The van der Waals surface area contributed by atoms with E-state index in [1.807, 2.05) is 37.4 Å². The second-order valence-corrected chi connectivity index (χ2v) is 10.5. The molecule has 1 atom stereocenters. The molecule has 4 aliphatic rings. The van der Waals surface area contributed by atoms with E-state index in [0.29, 0.717) is 36.7 Å². The quantitative estimate of drug-likeness (QED) is 0.482. The first-order valence-corrected chi connectivity index (χ1v) is 13.2. The van der Waals surface area contributed by atoms with Crippen molar-refractivity contribution in [2.24, 2.45) is 16.6 Å². The maximum absolute atomic E-state index is 12.3. The van der Waals surface area contributed by atoms with Gasteiger partial charge in [-0.05, 0) is 49.6 Å². The Kier molecular flexibility index (Phi) is 6.11. The highest BCUT2D eigenvalue weighted by molar-refractivity contribution is 8.00. The Morgan fingerprint density at radius 1 is 1.32 bits per heavy atom. The molecule has 4 heterocycles. The Bertz CT molecular complexity index is 1360. The van der Waals surface area contributed by atoms with Gasteiger partial charge in [0.15, 0.2) is 22.8 Å². The topological polar surface area (TPSA) is 114 Å². The zero-order chi connectivity index (χ0) is 25.5. The monoisotopic (exact) mass is 519 g/mol. The number of hydrogen-bond acceptors (Lipinski definition) is 9. The summed E-state index contributed by atoms with van der Waals surface area (Å²) < 4.78 is 17.3. The van der Waals surface area contributed by atoms with Crippen LogP contribution < -0.4 is 25.8 Å². The number of hydrogen-bond donors (Lipinski definition) is 3. The van der Waals surface area contributed by atoms with Crippen LogP contribution in [-0.2, 0) is 4.79 Å². The molecule has 2 fully saturated rings. The standard InChI is InChI=1S/C27H29N5O4S/c1-3-16-10-19(28)24-25(30-13-16)32(9-8-29-26(33)17-5-6-17)27(31-24)37-23-12-22-21(34-14-35-22)11-18(23)20-7-4-15(2)36-20/h3-4,7,11-13,17,27,31H,1,5-6,8-10,14,28H2,2H3,(H,29,33). The minimum atomic E-state index is -0.223. The first-order chi connectivity index (χ1) is 18.0. The van der Waals surface area contributed by atoms with E-state index in [1.165, 1.54) is 0 Å². The van der Waals surface area contributed by atoms with Crippen LogP contribution in [-0.4, -0.2) is 42.0 Å². The first-order valence-electron chi connectivity index (χ1n) is 12.4. The van der Waals surface area contributed by atoms with E-state index in [0.717, 1.165) is 51.9 Å². The Morgan fingerprint density at radius 2 is 2.14 bits per heavy atom. The number of carbonyl (C=O) groups is 1. The van der Waals surface area contributed by atoms with Crippen LogP contribution in [0, 0.1) is 12.8 Å². The highest BCUT2D eigenvalue weighted by atomic mass is 32.2. The molecule has 0 radical (unpaired) electrons. The van der Waals surface area contributed by atoms with Crippen molar-refractivity contribution in [2.75, 3.05) is 19.9 Å². The molecule has 3 aliphatic heterocycles. The van der Waals surface area contributed by atoms with Crippen molar-refractivity contribution in [2.45, 2.75) is 36.6 Å². The summed E-state index contributed by atoms with van der Waals surface area (Å²) in [6, 6.07) is 7.85. The molecule has 192 valence electrons. The summed E-state index contributed by atoms with van der Waals surface area (Å²) in [6.45, 7) is 7.05. The van der Waals surface area contributed by atoms with Gasteiger partial charge in [0, 0.05) is 47.8 Å². The lowest BCUT2D eigenvalue weighted by Gasteiger charge is -2.26. The van der Waals surface area contributed by atoms with Gasteiger partial charge in [-0.1, -0.05) is 24.4 Å². The Labute approximate surface area is 219 Å². The molecule has 10 heteroatoms. The third kappa shape index (κ3) is 4.69. The number of nitrogens with zero attached hydrogens (tertiary/aromatic N) is 2. The van der Waals surface area contributed by atoms with Gasteiger partial charge < -0.3 is 35.2 Å². The number of nitrogens with two attached hydrogens (primary N) is 1. The van der Waals surface area contributed by atoms with Crippen LogP contribution in [0.15, 0.2) is 74.4 Å². The minimum Gasteiger partial charge on any atom is -0.461 e. The van der Waals surface area contributed by atoms with Crippen molar-refractivity contribution in [1.82, 2.24) is 15.5 Å². The second kappa shape index (κ2) is 9.59. The number of nitrogens with one attached hydrogen (secondary N) is 2. The molecule has 1 aromatic carbocycles. The third-order valence-electron chi connectivity index (χ3n) is 6.70. The molecule has 0 spiro atoms. The van der Waals surface area contributed by atoms with Gasteiger partial charge >= 0.3 is 0 Å². The predicted molar refractivity (Wildman–Crippen MR) is 142 cm³/mol. The number of furan rings is 1. The van der Waals surface area contributed by atoms with Crippen LogP contribution in [0.2, 0.25) is 0 Å². The third-order valence-corrected chi connectivity index (χ3v) is 7.88. The van der Waals surface area contributed by atoms with E-state index in [-0.39, 0.29) is 24.1 Å². The fourth-order valence-electron chi connectivity index (χ4n) is 4.54. The minimum absolute atomic E-state index is 0.120. The molecule has 0 bridgehead atoms. The van der Waals surface area contributed by atoms with Crippen LogP contribution in [0.1, 0.15) is 25.0 Å². The van der Waals surface area contributed by atoms with Gasteiger partial charge in [0.25, 0.3) is 0 Å². The first kappa shape index (κ1) is 23.6. The summed E-state index contributed by atoms with van der Waals surface area (Å²) in [4.78, 5) is 20.1. The van der Waals surface area contributed by atoms with E-state index in [4.69, 9.17) is 24.6 Å². The largest absolute Gasteiger partial charge is 0.461 e. The number of carbonyl (C=O) groups excluding carboxylic acids is 1. The number of allylic oxidation sites excluding steroid dienone is 2. The molecule has 1 aromatic heterocycles. The van der Waals surface area contributed by atoms with Gasteiger partial charge in [-0.25, -0.2) is 4.99 Å². The van der Waals surface area contributed by atoms with Crippen LogP contribution in [0.3, 0.4) is 0 Å². The maximum atomic E-state index is 12.3. The van der Waals surface area contributed by atoms with Crippen molar-refractivity contribution < 1.29 is 18.7 Å². The zero-order valence-corrected chi connectivity index (χ0v) is 21.4. The summed E-state index contributed by atoms with van der Waals surface area (Å²) in [5, 5.41) is 6.65. The zero-order valence-electron chi connectivity index (χ0n) is 20.6. The van der Waals surface area contributed by atoms with Gasteiger partial charge in [-0.15, -0.1) is 0 Å². The average Bonchev–Trinajstić information content (AvgIpc) is 3.40. The highest BCUT2D eigenvalue weighted by Crippen LogP contribution is 2.45. The summed E-state index contributed by atoms with van der Waals surface area (Å²) >= 11 is 1.61. The smallest absolute Gasteiger partial charge is 0.231 e. The van der Waals surface area contributed by atoms with Crippen molar-refractivity contribution in [3.63, 3.8) is 0 Å².